The van der Waals surface area contributed by atoms with Crippen molar-refractivity contribution in [1.29, 1.82) is 10.5 Å². The molecular formula is C19H17N5. The number of fused-ring (bicyclic) bond motifs is 1. The minimum atomic E-state index is 0.172. The van der Waals surface area contributed by atoms with Gasteiger partial charge in [-0.05, 0) is 55.7 Å². The number of aryl methyl sites for hydroxylation is 1. The molecule has 0 unspecified atom stereocenters. The van der Waals surface area contributed by atoms with Crippen LogP contribution in [0.3, 0.4) is 0 Å². The molecule has 1 aliphatic rings. The van der Waals surface area contributed by atoms with Crippen molar-refractivity contribution >= 4 is 23.0 Å². The fourth-order valence-electron chi connectivity index (χ4n) is 3.12. The standard InChI is InChI=1S/C19H17N5/c1-10-5-6-13(24(10)4)7-14-11(2)15(8-20)18-17(14)12(3)16(9-21)19(22)23-18/h5-7H,1-4H3,(H2,22,23)/b14-7-. The van der Waals surface area contributed by atoms with Gasteiger partial charge in [0.2, 0.25) is 0 Å². The van der Waals surface area contributed by atoms with Crippen molar-refractivity contribution in [2.45, 2.75) is 20.8 Å². The van der Waals surface area contributed by atoms with E-state index in [-0.39, 0.29) is 5.82 Å². The normalized spacial score (nSPS) is 14.7. The molecule has 1 aliphatic carbocycles. The second-order valence-electron chi connectivity index (χ2n) is 5.96. The molecular weight excluding hydrogens is 298 g/mol. The molecule has 24 heavy (non-hydrogen) atoms. The summed E-state index contributed by atoms with van der Waals surface area (Å²) in [5.74, 6) is 0.172. The van der Waals surface area contributed by atoms with Gasteiger partial charge in [-0.15, -0.1) is 0 Å². The van der Waals surface area contributed by atoms with Crippen LogP contribution in [0.15, 0.2) is 17.7 Å². The molecule has 0 aliphatic heterocycles. The van der Waals surface area contributed by atoms with Gasteiger partial charge >= 0.3 is 0 Å². The molecule has 2 aromatic heterocycles. The molecule has 0 fully saturated rings. The summed E-state index contributed by atoms with van der Waals surface area (Å²) in [6.45, 7) is 5.80. The third-order valence-corrected chi connectivity index (χ3v) is 4.69. The first-order valence-electron chi connectivity index (χ1n) is 7.57. The third kappa shape index (κ3) is 2.03. The number of hydrogen-bond acceptors (Lipinski definition) is 4. The van der Waals surface area contributed by atoms with Crippen LogP contribution in [0.2, 0.25) is 0 Å². The van der Waals surface area contributed by atoms with Gasteiger partial charge in [-0.25, -0.2) is 4.98 Å². The first kappa shape index (κ1) is 15.6. The number of rotatable bonds is 1. The molecule has 0 aromatic carbocycles. The Hall–Kier alpha value is -3.31. The van der Waals surface area contributed by atoms with E-state index >= 15 is 0 Å². The summed E-state index contributed by atoms with van der Waals surface area (Å²) in [5, 5.41) is 18.9. The Morgan fingerprint density at radius 2 is 1.88 bits per heavy atom. The maximum atomic E-state index is 9.55. The van der Waals surface area contributed by atoms with Gasteiger partial charge in [0.05, 0.1) is 16.8 Å². The largest absolute Gasteiger partial charge is 0.383 e. The maximum Gasteiger partial charge on any atom is 0.142 e. The lowest BCUT2D eigenvalue weighted by Gasteiger charge is -2.11. The zero-order chi connectivity index (χ0) is 17.6. The number of nitrogens with two attached hydrogens (primary N) is 1. The lowest BCUT2D eigenvalue weighted by molar-refractivity contribution is 0.871. The second-order valence-corrected chi connectivity index (χ2v) is 5.96. The lowest BCUT2D eigenvalue weighted by atomic mass is 9.96. The van der Waals surface area contributed by atoms with E-state index in [1.54, 1.807) is 0 Å². The zero-order valence-electron chi connectivity index (χ0n) is 14.1. The summed E-state index contributed by atoms with van der Waals surface area (Å²) in [6, 6.07) is 8.42. The molecule has 0 radical (unpaired) electrons. The number of aromatic nitrogens is 2. The predicted molar refractivity (Wildman–Crippen MR) is 94.3 cm³/mol. The van der Waals surface area contributed by atoms with Crippen molar-refractivity contribution < 1.29 is 0 Å². The molecule has 0 amide bonds. The van der Waals surface area contributed by atoms with Crippen LogP contribution in [0.1, 0.15) is 40.7 Å². The molecule has 3 rings (SSSR count). The monoisotopic (exact) mass is 315 g/mol. The predicted octanol–water partition coefficient (Wildman–Crippen LogP) is 3.34. The topological polar surface area (TPSA) is 91.4 Å². The molecule has 0 atom stereocenters. The van der Waals surface area contributed by atoms with E-state index in [2.05, 4.69) is 21.7 Å². The summed E-state index contributed by atoms with van der Waals surface area (Å²) in [6.07, 6.45) is 2.04. The summed E-state index contributed by atoms with van der Waals surface area (Å²) in [7, 11) is 2.00. The maximum absolute atomic E-state index is 9.55. The Labute approximate surface area is 141 Å². The van der Waals surface area contributed by atoms with Crippen molar-refractivity contribution in [1.82, 2.24) is 9.55 Å². The second kappa shape index (κ2) is 5.40. The average Bonchev–Trinajstić information content (AvgIpc) is 2.99. The molecule has 2 aromatic rings. The quantitative estimate of drug-likeness (QED) is 0.873. The fourth-order valence-corrected chi connectivity index (χ4v) is 3.12. The van der Waals surface area contributed by atoms with Gasteiger partial charge in [0, 0.05) is 24.0 Å². The Bertz CT molecular complexity index is 1020. The highest BCUT2D eigenvalue weighted by Crippen LogP contribution is 2.44. The minimum Gasteiger partial charge on any atom is -0.383 e. The Balaban J connectivity index is 2.36. The number of anilines is 1. The minimum absolute atomic E-state index is 0.172. The molecule has 0 saturated heterocycles. The first-order chi connectivity index (χ1) is 11.4. The van der Waals surface area contributed by atoms with Gasteiger partial charge in [-0.3, -0.25) is 0 Å². The van der Waals surface area contributed by atoms with Crippen LogP contribution in [0.4, 0.5) is 5.82 Å². The summed E-state index contributed by atoms with van der Waals surface area (Å²) < 4.78 is 2.08. The number of nitriles is 2. The van der Waals surface area contributed by atoms with Crippen LogP contribution in [-0.2, 0) is 7.05 Å². The van der Waals surface area contributed by atoms with Gasteiger partial charge in [-0.1, -0.05) is 0 Å². The van der Waals surface area contributed by atoms with E-state index in [0.717, 1.165) is 33.7 Å². The summed E-state index contributed by atoms with van der Waals surface area (Å²) >= 11 is 0. The van der Waals surface area contributed by atoms with Gasteiger partial charge < -0.3 is 10.3 Å². The van der Waals surface area contributed by atoms with E-state index in [9.17, 15) is 10.5 Å². The van der Waals surface area contributed by atoms with E-state index in [0.29, 0.717) is 16.8 Å². The van der Waals surface area contributed by atoms with E-state index in [1.165, 1.54) is 0 Å². The average molecular weight is 315 g/mol. The molecule has 2 heterocycles. The zero-order valence-corrected chi connectivity index (χ0v) is 14.1. The van der Waals surface area contributed by atoms with Crippen LogP contribution in [0.25, 0.3) is 17.2 Å². The number of hydrogen-bond donors (Lipinski definition) is 1. The summed E-state index contributed by atoms with van der Waals surface area (Å²) in [5.41, 5.74) is 12.9. The smallest absolute Gasteiger partial charge is 0.142 e. The van der Waals surface area contributed by atoms with Crippen molar-refractivity contribution in [3.05, 3.63) is 51.5 Å². The van der Waals surface area contributed by atoms with Crippen molar-refractivity contribution in [3.63, 3.8) is 0 Å². The molecule has 0 spiro atoms. The van der Waals surface area contributed by atoms with Crippen LogP contribution in [0, 0.1) is 36.5 Å². The molecule has 0 saturated carbocycles. The van der Waals surface area contributed by atoms with Crippen LogP contribution < -0.4 is 5.73 Å². The fraction of sp³-hybridized carbons (Fsp3) is 0.211. The highest BCUT2D eigenvalue weighted by Gasteiger charge is 2.29. The number of pyridine rings is 1. The highest BCUT2D eigenvalue weighted by molar-refractivity contribution is 6.08. The Kier molecular flexibility index (Phi) is 3.51. The lowest BCUT2D eigenvalue weighted by Crippen LogP contribution is -2.04. The Morgan fingerprint density at radius 1 is 1.17 bits per heavy atom. The molecule has 5 nitrogen and oxygen atoms in total. The summed E-state index contributed by atoms with van der Waals surface area (Å²) in [4.78, 5) is 4.33. The van der Waals surface area contributed by atoms with E-state index < -0.39 is 0 Å². The van der Waals surface area contributed by atoms with Crippen molar-refractivity contribution in [3.8, 4) is 12.1 Å². The Morgan fingerprint density at radius 3 is 2.42 bits per heavy atom. The van der Waals surface area contributed by atoms with E-state index in [1.807, 2.05) is 46.0 Å². The third-order valence-electron chi connectivity index (χ3n) is 4.69. The van der Waals surface area contributed by atoms with Gasteiger partial charge in [0.1, 0.15) is 18.0 Å². The van der Waals surface area contributed by atoms with Gasteiger partial charge in [0.25, 0.3) is 0 Å². The number of nitrogens with zero attached hydrogens (tertiary/aromatic N) is 4. The van der Waals surface area contributed by atoms with E-state index in [4.69, 9.17) is 5.73 Å². The first-order valence-corrected chi connectivity index (χ1v) is 7.57. The van der Waals surface area contributed by atoms with Crippen molar-refractivity contribution in [2.75, 3.05) is 5.73 Å². The molecule has 2 N–H and O–H groups in total. The van der Waals surface area contributed by atoms with Crippen LogP contribution in [-0.4, -0.2) is 9.55 Å². The van der Waals surface area contributed by atoms with Gasteiger partial charge in [-0.2, -0.15) is 10.5 Å². The van der Waals surface area contributed by atoms with Crippen molar-refractivity contribution in [2.24, 2.45) is 7.05 Å². The number of allylic oxidation sites excluding steroid dienone is 3. The van der Waals surface area contributed by atoms with Gasteiger partial charge in [0.15, 0.2) is 0 Å². The SMILES string of the molecule is CC1=C(C#N)c2nc(N)c(C#N)c(C)c2/C1=C\c1ccc(C)n1C. The number of nitrogen functional groups attached to an aromatic ring is 1. The van der Waals surface area contributed by atoms with Crippen LogP contribution >= 0.6 is 0 Å². The molecule has 0 bridgehead atoms. The molecule has 5 heteroatoms. The van der Waals surface area contributed by atoms with Crippen LogP contribution in [0.5, 0.6) is 0 Å². The highest BCUT2D eigenvalue weighted by atomic mass is 14.9. The molecule has 118 valence electrons.